The minimum Gasteiger partial charge on any atom is -0.497 e. The molecular formula is C32H35N3O3. The molecule has 1 fully saturated rings. The Morgan fingerprint density at radius 2 is 1.82 bits per heavy atom. The Morgan fingerprint density at radius 1 is 1.03 bits per heavy atom. The summed E-state index contributed by atoms with van der Waals surface area (Å²) in [7, 11) is 1.66. The molecule has 6 heteroatoms. The molecule has 0 saturated carbocycles. The lowest BCUT2D eigenvalue weighted by Gasteiger charge is -2.18. The molecule has 0 spiro atoms. The monoisotopic (exact) mass is 509 g/mol. The molecule has 2 heterocycles. The van der Waals surface area contributed by atoms with Gasteiger partial charge in [-0.1, -0.05) is 48.5 Å². The number of allylic oxidation sites excluding steroid dienone is 1. The average Bonchev–Trinajstić information content (AvgIpc) is 3.50. The Labute approximate surface area is 224 Å². The van der Waals surface area contributed by atoms with E-state index in [-0.39, 0.29) is 11.8 Å². The minimum atomic E-state index is 0.0789. The van der Waals surface area contributed by atoms with Crippen LogP contribution in [0.4, 0.5) is 0 Å². The zero-order chi connectivity index (χ0) is 26.3. The van der Waals surface area contributed by atoms with E-state index >= 15 is 0 Å². The molecule has 6 nitrogen and oxygen atoms in total. The first-order chi connectivity index (χ1) is 18.7. The number of carbonyl (C=O) groups is 1. The second-order valence-electron chi connectivity index (χ2n) is 9.79. The predicted molar refractivity (Wildman–Crippen MR) is 151 cm³/mol. The number of nitrogens with zero attached hydrogens (tertiary/aromatic N) is 3. The number of methoxy groups -OCH3 is 1. The molecule has 3 aromatic carbocycles. The molecule has 1 amide bonds. The topological polar surface area (TPSA) is 56.6 Å². The fourth-order valence-electron chi connectivity index (χ4n) is 5.21. The highest BCUT2D eigenvalue weighted by Crippen LogP contribution is 2.32. The molecule has 0 aliphatic carbocycles. The fourth-order valence-corrected chi connectivity index (χ4v) is 5.21. The second kappa shape index (κ2) is 12.0. The highest BCUT2D eigenvalue weighted by molar-refractivity contribution is 5.81. The van der Waals surface area contributed by atoms with Crippen molar-refractivity contribution in [2.24, 2.45) is 0 Å². The first-order valence-corrected chi connectivity index (χ1v) is 13.3. The SMILES string of the molecule is C=CCc1ccccc1OCCCCn1c(C2CC(=O)N(Cc3ccc(OC)cc3)C2)nc2ccccc21. The van der Waals surface area contributed by atoms with Gasteiger partial charge in [0.15, 0.2) is 0 Å². The lowest BCUT2D eigenvalue weighted by molar-refractivity contribution is -0.128. The summed E-state index contributed by atoms with van der Waals surface area (Å²) in [5.74, 6) is 3.02. The summed E-state index contributed by atoms with van der Waals surface area (Å²) < 4.78 is 13.7. The second-order valence-corrected chi connectivity index (χ2v) is 9.79. The van der Waals surface area contributed by atoms with Crippen LogP contribution in [0.15, 0.2) is 85.5 Å². The number of fused-ring (bicyclic) bond motifs is 1. The van der Waals surface area contributed by atoms with Gasteiger partial charge in [0, 0.05) is 32.0 Å². The molecule has 0 N–H and O–H groups in total. The summed E-state index contributed by atoms with van der Waals surface area (Å²) in [6.07, 6.45) is 5.09. The molecule has 1 saturated heterocycles. The number of benzene rings is 3. The number of hydrogen-bond acceptors (Lipinski definition) is 4. The lowest BCUT2D eigenvalue weighted by atomic mass is 10.1. The predicted octanol–water partition coefficient (Wildman–Crippen LogP) is 6.15. The smallest absolute Gasteiger partial charge is 0.223 e. The lowest BCUT2D eigenvalue weighted by Crippen LogP contribution is -2.24. The third-order valence-corrected chi connectivity index (χ3v) is 7.17. The van der Waals surface area contributed by atoms with Crippen molar-refractivity contribution in [1.29, 1.82) is 0 Å². The Hall–Kier alpha value is -4.06. The van der Waals surface area contributed by atoms with E-state index in [2.05, 4.69) is 35.4 Å². The van der Waals surface area contributed by atoms with Gasteiger partial charge in [0.05, 0.1) is 24.8 Å². The number of hydrogen-bond donors (Lipinski definition) is 0. The van der Waals surface area contributed by atoms with Gasteiger partial charge < -0.3 is 18.9 Å². The minimum absolute atomic E-state index is 0.0789. The molecule has 1 aromatic heterocycles. The normalized spacial score (nSPS) is 15.2. The van der Waals surface area contributed by atoms with Gasteiger partial charge in [-0.2, -0.15) is 0 Å². The Morgan fingerprint density at radius 3 is 2.63 bits per heavy atom. The van der Waals surface area contributed by atoms with Crippen LogP contribution in [0, 0.1) is 0 Å². The summed E-state index contributed by atoms with van der Waals surface area (Å²) in [5.41, 5.74) is 4.37. The zero-order valence-corrected chi connectivity index (χ0v) is 22.0. The maximum atomic E-state index is 13.0. The highest BCUT2D eigenvalue weighted by Gasteiger charge is 2.34. The number of carbonyl (C=O) groups excluding carboxylic acids is 1. The summed E-state index contributed by atoms with van der Waals surface area (Å²) >= 11 is 0. The highest BCUT2D eigenvalue weighted by atomic mass is 16.5. The van der Waals surface area contributed by atoms with Crippen molar-refractivity contribution in [1.82, 2.24) is 14.5 Å². The van der Waals surface area contributed by atoms with Gasteiger partial charge in [0.2, 0.25) is 5.91 Å². The Balaban J connectivity index is 1.24. The van der Waals surface area contributed by atoms with E-state index in [4.69, 9.17) is 14.5 Å². The number of para-hydroxylation sites is 3. The number of aryl methyl sites for hydroxylation is 1. The number of unbranched alkanes of at least 4 members (excludes halogenated alkanes) is 1. The van der Waals surface area contributed by atoms with E-state index in [0.29, 0.717) is 26.1 Å². The van der Waals surface area contributed by atoms with Gasteiger partial charge in [-0.25, -0.2) is 4.98 Å². The third kappa shape index (κ3) is 5.75. The molecular weight excluding hydrogens is 474 g/mol. The van der Waals surface area contributed by atoms with Crippen LogP contribution in [-0.2, 0) is 24.3 Å². The average molecular weight is 510 g/mol. The molecule has 0 bridgehead atoms. The van der Waals surface area contributed by atoms with Crippen LogP contribution in [0.2, 0.25) is 0 Å². The van der Waals surface area contributed by atoms with Crippen LogP contribution >= 0.6 is 0 Å². The summed E-state index contributed by atoms with van der Waals surface area (Å²) in [5, 5.41) is 0. The number of imidazole rings is 1. The first-order valence-electron chi connectivity index (χ1n) is 13.3. The largest absolute Gasteiger partial charge is 0.497 e. The summed E-state index contributed by atoms with van der Waals surface area (Å²) in [6.45, 7) is 6.63. The van der Waals surface area contributed by atoms with Crippen molar-refractivity contribution in [2.45, 2.75) is 44.7 Å². The van der Waals surface area contributed by atoms with Gasteiger partial charge in [-0.05, 0) is 60.7 Å². The van der Waals surface area contributed by atoms with Crippen LogP contribution in [0.25, 0.3) is 11.0 Å². The summed E-state index contributed by atoms with van der Waals surface area (Å²) in [4.78, 5) is 19.9. The molecule has 1 unspecified atom stereocenters. The molecule has 196 valence electrons. The molecule has 4 aromatic rings. The Kier molecular flexibility index (Phi) is 8.07. The number of likely N-dealkylation sites (tertiary alicyclic amines) is 1. The standard InChI is InChI=1S/C32H35N3O3/c1-3-10-25-11-4-7-14-30(25)38-20-9-8-19-35-29-13-6-5-12-28(29)33-32(35)26-21-31(36)34(23-26)22-24-15-17-27(37-2)18-16-24/h3-7,11-18,26H,1,8-10,19-23H2,2H3. The fraction of sp³-hybridized carbons (Fsp3) is 0.312. The van der Waals surface area contributed by atoms with E-state index in [1.165, 1.54) is 0 Å². The molecule has 1 aliphatic rings. The van der Waals surface area contributed by atoms with Gasteiger partial charge >= 0.3 is 0 Å². The van der Waals surface area contributed by atoms with E-state index in [0.717, 1.165) is 65.3 Å². The van der Waals surface area contributed by atoms with E-state index in [9.17, 15) is 4.79 Å². The Bertz CT molecular complexity index is 1390. The van der Waals surface area contributed by atoms with Crippen molar-refractivity contribution in [3.05, 3.63) is 102 Å². The molecule has 1 aliphatic heterocycles. The number of aromatic nitrogens is 2. The molecule has 0 radical (unpaired) electrons. The molecule has 5 rings (SSSR count). The van der Waals surface area contributed by atoms with Gasteiger partial charge in [-0.3, -0.25) is 4.79 Å². The van der Waals surface area contributed by atoms with Crippen LogP contribution in [0.5, 0.6) is 11.5 Å². The van der Waals surface area contributed by atoms with Crippen molar-refractivity contribution in [3.63, 3.8) is 0 Å². The van der Waals surface area contributed by atoms with Crippen LogP contribution in [0.1, 0.15) is 42.1 Å². The van der Waals surface area contributed by atoms with Crippen LogP contribution in [0.3, 0.4) is 0 Å². The van der Waals surface area contributed by atoms with Crippen molar-refractivity contribution in [2.75, 3.05) is 20.3 Å². The number of amides is 1. The molecule has 1 atom stereocenters. The maximum absolute atomic E-state index is 13.0. The van der Waals surface area contributed by atoms with Crippen molar-refractivity contribution in [3.8, 4) is 11.5 Å². The number of ether oxygens (including phenoxy) is 2. The van der Waals surface area contributed by atoms with E-state index < -0.39 is 0 Å². The number of rotatable bonds is 12. The first kappa shape index (κ1) is 25.6. The van der Waals surface area contributed by atoms with Gasteiger partial charge in [-0.15, -0.1) is 6.58 Å². The van der Waals surface area contributed by atoms with Crippen LogP contribution < -0.4 is 9.47 Å². The third-order valence-electron chi connectivity index (χ3n) is 7.17. The zero-order valence-electron chi connectivity index (χ0n) is 22.0. The quantitative estimate of drug-likeness (QED) is 0.170. The van der Waals surface area contributed by atoms with Gasteiger partial charge in [0.1, 0.15) is 17.3 Å². The maximum Gasteiger partial charge on any atom is 0.223 e. The van der Waals surface area contributed by atoms with Crippen molar-refractivity contribution < 1.29 is 14.3 Å². The summed E-state index contributed by atoms with van der Waals surface area (Å²) in [6, 6.07) is 24.3. The van der Waals surface area contributed by atoms with Crippen molar-refractivity contribution >= 4 is 16.9 Å². The van der Waals surface area contributed by atoms with Crippen LogP contribution in [-0.4, -0.2) is 40.6 Å². The van der Waals surface area contributed by atoms with Gasteiger partial charge in [0.25, 0.3) is 0 Å². The van der Waals surface area contributed by atoms with E-state index in [1.807, 2.05) is 59.5 Å². The van der Waals surface area contributed by atoms with E-state index in [1.54, 1.807) is 7.11 Å². The molecule has 38 heavy (non-hydrogen) atoms.